The van der Waals surface area contributed by atoms with E-state index in [4.69, 9.17) is 12.2 Å². The molecule has 0 aromatic heterocycles. The summed E-state index contributed by atoms with van der Waals surface area (Å²) in [5.74, 6) is 0. The maximum absolute atomic E-state index is 5.01. The van der Waals surface area contributed by atoms with Crippen molar-refractivity contribution in [3.8, 4) is 0 Å². The van der Waals surface area contributed by atoms with Crippen LogP contribution in [0.2, 0.25) is 0 Å². The first kappa shape index (κ1) is 15.2. The SMILES string of the molecule is CCCCN1CCN(C(=S)S)CC1.[NaH]. The van der Waals surface area contributed by atoms with Crippen molar-refractivity contribution in [2.24, 2.45) is 0 Å². The third kappa shape index (κ3) is 5.33. The molecule has 0 bridgehead atoms. The molecule has 78 valence electrons. The number of rotatable bonds is 3. The van der Waals surface area contributed by atoms with E-state index in [9.17, 15) is 0 Å². The van der Waals surface area contributed by atoms with Crippen LogP contribution in [-0.4, -0.2) is 76.4 Å². The second-order valence-electron chi connectivity index (χ2n) is 3.46. The number of piperazine rings is 1. The zero-order chi connectivity index (χ0) is 9.68. The Morgan fingerprint density at radius 1 is 1.29 bits per heavy atom. The summed E-state index contributed by atoms with van der Waals surface area (Å²) in [6.07, 6.45) is 2.59. The molecule has 1 rings (SSSR count). The van der Waals surface area contributed by atoms with Crippen LogP contribution in [0.5, 0.6) is 0 Å². The molecule has 1 saturated heterocycles. The third-order valence-electron chi connectivity index (χ3n) is 2.47. The van der Waals surface area contributed by atoms with Gasteiger partial charge in [-0.15, -0.1) is 12.6 Å². The van der Waals surface area contributed by atoms with Gasteiger partial charge in [0.25, 0.3) is 0 Å². The molecule has 0 amide bonds. The van der Waals surface area contributed by atoms with E-state index >= 15 is 0 Å². The van der Waals surface area contributed by atoms with Crippen molar-refractivity contribution in [2.75, 3.05) is 32.7 Å². The van der Waals surface area contributed by atoms with Gasteiger partial charge in [0.2, 0.25) is 0 Å². The predicted octanol–water partition coefficient (Wildman–Crippen LogP) is 0.970. The Kier molecular flexibility index (Phi) is 9.08. The van der Waals surface area contributed by atoms with Gasteiger partial charge in [0.05, 0.1) is 0 Å². The van der Waals surface area contributed by atoms with E-state index in [1.54, 1.807) is 0 Å². The van der Waals surface area contributed by atoms with Crippen LogP contribution in [0.1, 0.15) is 19.8 Å². The Hall–Kier alpha value is 1.20. The molecule has 0 saturated carbocycles. The topological polar surface area (TPSA) is 6.48 Å². The van der Waals surface area contributed by atoms with Crippen molar-refractivity contribution in [3.05, 3.63) is 0 Å². The quantitative estimate of drug-likeness (QED) is 0.448. The molecule has 1 aliphatic rings. The summed E-state index contributed by atoms with van der Waals surface area (Å²) < 4.78 is 0.746. The molecule has 1 fully saturated rings. The summed E-state index contributed by atoms with van der Waals surface area (Å²) in [7, 11) is 0. The van der Waals surface area contributed by atoms with Crippen molar-refractivity contribution in [3.63, 3.8) is 0 Å². The van der Waals surface area contributed by atoms with E-state index < -0.39 is 0 Å². The molecule has 0 radical (unpaired) electrons. The van der Waals surface area contributed by atoms with Crippen LogP contribution in [0.4, 0.5) is 0 Å². The minimum absolute atomic E-state index is 0. The summed E-state index contributed by atoms with van der Waals surface area (Å²) in [6, 6.07) is 0. The molecule has 0 spiro atoms. The zero-order valence-electron chi connectivity index (χ0n) is 8.20. The van der Waals surface area contributed by atoms with Gasteiger partial charge in [0.15, 0.2) is 0 Å². The van der Waals surface area contributed by atoms with Gasteiger partial charge in [0, 0.05) is 26.2 Å². The van der Waals surface area contributed by atoms with Gasteiger partial charge in [-0.2, -0.15) is 0 Å². The fourth-order valence-electron chi connectivity index (χ4n) is 1.54. The Labute approximate surface area is 120 Å². The van der Waals surface area contributed by atoms with E-state index in [2.05, 4.69) is 29.4 Å². The van der Waals surface area contributed by atoms with E-state index in [1.165, 1.54) is 19.4 Å². The van der Waals surface area contributed by atoms with Crippen LogP contribution in [0.15, 0.2) is 0 Å². The van der Waals surface area contributed by atoms with Crippen LogP contribution in [0.3, 0.4) is 0 Å². The van der Waals surface area contributed by atoms with Crippen molar-refractivity contribution < 1.29 is 0 Å². The molecule has 1 heterocycles. The van der Waals surface area contributed by atoms with Crippen LogP contribution < -0.4 is 0 Å². The summed E-state index contributed by atoms with van der Waals surface area (Å²) in [5.41, 5.74) is 0. The molecule has 5 heteroatoms. The minimum atomic E-state index is 0. The van der Waals surface area contributed by atoms with Gasteiger partial charge in [0.1, 0.15) is 4.32 Å². The van der Waals surface area contributed by atoms with Crippen LogP contribution in [0.25, 0.3) is 0 Å². The van der Waals surface area contributed by atoms with Crippen LogP contribution >= 0.6 is 24.8 Å². The first-order valence-electron chi connectivity index (χ1n) is 4.94. The monoisotopic (exact) mass is 242 g/mol. The first-order valence-corrected chi connectivity index (χ1v) is 5.80. The molecule has 0 aromatic carbocycles. The molecule has 0 aliphatic carbocycles. The van der Waals surface area contributed by atoms with Crippen molar-refractivity contribution >= 4 is 58.7 Å². The van der Waals surface area contributed by atoms with E-state index in [0.29, 0.717) is 0 Å². The van der Waals surface area contributed by atoms with Gasteiger partial charge in [-0.25, -0.2) is 0 Å². The molecule has 0 unspecified atom stereocenters. The number of thiol groups is 1. The Bertz CT molecular complexity index is 170. The number of hydrogen-bond acceptors (Lipinski definition) is 2. The summed E-state index contributed by atoms with van der Waals surface area (Å²) in [6.45, 7) is 7.85. The summed E-state index contributed by atoms with van der Waals surface area (Å²) in [5, 5.41) is 0. The predicted molar refractivity (Wildman–Crippen MR) is 71.7 cm³/mol. The Morgan fingerprint density at radius 2 is 1.86 bits per heavy atom. The van der Waals surface area contributed by atoms with Gasteiger partial charge in [-0.1, -0.05) is 25.6 Å². The molecule has 14 heavy (non-hydrogen) atoms. The van der Waals surface area contributed by atoms with Gasteiger partial charge in [-0.3, -0.25) is 4.90 Å². The Balaban J connectivity index is 0.00000169. The summed E-state index contributed by atoms with van der Waals surface area (Å²) in [4.78, 5) is 4.67. The second-order valence-corrected chi connectivity index (χ2v) is 4.58. The molecule has 0 atom stereocenters. The fraction of sp³-hybridized carbons (Fsp3) is 0.889. The van der Waals surface area contributed by atoms with E-state index in [1.807, 2.05) is 0 Å². The molecule has 2 nitrogen and oxygen atoms in total. The second kappa shape index (κ2) is 8.36. The average molecular weight is 242 g/mol. The van der Waals surface area contributed by atoms with Gasteiger partial charge < -0.3 is 4.90 Å². The average Bonchev–Trinajstić information content (AvgIpc) is 2.15. The van der Waals surface area contributed by atoms with Crippen molar-refractivity contribution in [1.29, 1.82) is 0 Å². The third-order valence-corrected chi connectivity index (χ3v) is 3.01. The first-order chi connectivity index (χ1) is 6.24. The van der Waals surface area contributed by atoms with Crippen molar-refractivity contribution in [1.82, 2.24) is 9.80 Å². The number of hydrogen-bond donors (Lipinski definition) is 1. The number of unbranched alkanes of at least 4 members (excludes halogenated alkanes) is 1. The molecule has 0 N–H and O–H groups in total. The summed E-state index contributed by atoms with van der Waals surface area (Å²) >= 11 is 9.19. The standard InChI is InChI=1S/C9H18N2S2.Na.H/c1-2-3-4-10-5-7-11(8-6-10)9(12)13;;/h2-8H2,1H3,(H,12,13);;. The number of thiocarbonyl (C=S) groups is 1. The Morgan fingerprint density at radius 3 is 2.29 bits per heavy atom. The maximum atomic E-state index is 5.01. The van der Waals surface area contributed by atoms with Crippen molar-refractivity contribution in [2.45, 2.75) is 19.8 Å². The van der Waals surface area contributed by atoms with Gasteiger partial charge >= 0.3 is 29.6 Å². The van der Waals surface area contributed by atoms with Crippen LogP contribution in [0, 0.1) is 0 Å². The molecular weight excluding hydrogens is 223 g/mol. The molecule has 0 aromatic rings. The van der Waals surface area contributed by atoms with Crippen LogP contribution in [-0.2, 0) is 0 Å². The molecule has 1 aliphatic heterocycles. The normalized spacial score (nSPS) is 17.7. The van der Waals surface area contributed by atoms with E-state index in [-0.39, 0.29) is 29.6 Å². The molecular formula is C9H19N2NaS2. The fourth-order valence-corrected chi connectivity index (χ4v) is 1.93. The zero-order valence-corrected chi connectivity index (χ0v) is 9.91. The van der Waals surface area contributed by atoms with Gasteiger partial charge in [-0.05, 0) is 13.0 Å². The number of nitrogens with zero attached hydrogens (tertiary/aromatic N) is 2. The van der Waals surface area contributed by atoms with E-state index in [0.717, 1.165) is 30.5 Å².